The second-order valence-electron chi connectivity index (χ2n) is 4.59. The van der Waals surface area contributed by atoms with Crippen LogP contribution in [0, 0.1) is 0 Å². The summed E-state index contributed by atoms with van der Waals surface area (Å²) in [5.74, 6) is 0. The third kappa shape index (κ3) is 4.56. The molecule has 0 saturated heterocycles. The quantitative estimate of drug-likeness (QED) is 0.763. The summed E-state index contributed by atoms with van der Waals surface area (Å²) < 4.78 is 27.2. The molecule has 1 rings (SSSR count). The summed E-state index contributed by atoms with van der Waals surface area (Å²) in [6.45, 7) is 5.74. The maximum atomic E-state index is 12.6. The number of unbranched alkanes of at least 4 members (excludes halogenated alkanes) is 2. The first-order valence-electron chi connectivity index (χ1n) is 6.83. The third-order valence-electron chi connectivity index (χ3n) is 2.98. The van der Waals surface area contributed by atoms with Gasteiger partial charge in [-0.1, -0.05) is 26.7 Å². The van der Waals surface area contributed by atoms with Crippen LogP contribution in [0.5, 0.6) is 0 Å². The Bertz CT molecular complexity index is 461. The highest BCUT2D eigenvalue weighted by atomic mass is 32.2. The largest absolute Gasteiger partial charge is 0.326 e. The van der Waals surface area contributed by atoms with Gasteiger partial charge in [0, 0.05) is 19.6 Å². The number of hydrogen-bond acceptors (Lipinski definition) is 4. The van der Waals surface area contributed by atoms with Gasteiger partial charge >= 0.3 is 0 Å². The Balaban J connectivity index is 2.90. The average molecular weight is 304 g/mol. The Kier molecular flexibility index (Phi) is 6.99. The summed E-state index contributed by atoms with van der Waals surface area (Å²) in [5.41, 5.74) is 6.42. The van der Waals surface area contributed by atoms with E-state index in [4.69, 9.17) is 5.73 Å². The van der Waals surface area contributed by atoms with Crippen LogP contribution in [-0.4, -0.2) is 25.8 Å². The molecule has 0 radical (unpaired) electrons. The van der Waals surface area contributed by atoms with Gasteiger partial charge in [-0.15, -0.1) is 11.3 Å². The number of rotatable bonds is 9. The second kappa shape index (κ2) is 7.99. The number of thiophene rings is 1. The zero-order valence-corrected chi connectivity index (χ0v) is 13.4. The maximum absolute atomic E-state index is 12.6. The van der Waals surface area contributed by atoms with Crippen LogP contribution >= 0.6 is 11.3 Å². The maximum Gasteiger partial charge on any atom is 0.252 e. The van der Waals surface area contributed by atoms with Crippen LogP contribution in [0.1, 0.15) is 45.1 Å². The molecule has 6 heteroatoms. The first-order valence-corrected chi connectivity index (χ1v) is 9.15. The van der Waals surface area contributed by atoms with Gasteiger partial charge in [0.05, 0.1) is 0 Å². The highest BCUT2D eigenvalue weighted by Gasteiger charge is 2.25. The SMILES string of the molecule is CCCCN(CCCC)S(=O)(=O)c1cc(CN)cs1. The molecule has 2 N–H and O–H groups in total. The Morgan fingerprint density at radius 2 is 1.79 bits per heavy atom. The van der Waals surface area contributed by atoms with Gasteiger partial charge in [0.15, 0.2) is 0 Å². The molecule has 0 aliphatic carbocycles. The van der Waals surface area contributed by atoms with Crippen molar-refractivity contribution >= 4 is 21.4 Å². The third-order valence-corrected chi connectivity index (χ3v) is 6.34. The molecule has 0 amide bonds. The molecule has 0 fully saturated rings. The van der Waals surface area contributed by atoms with Gasteiger partial charge in [0.25, 0.3) is 10.0 Å². The van der Waals surface area contributed by atoms with Crippen molar-refractivity contribution in [3.8, 4) is 0 Å². The van der Waals surface area contributed by atoms with Crippen molar-refractivity contribution in [3.05, 3.63) is 17.0 Å². The van der Waals surface area contributed by atoms with E-state index < -0.39 is 10.0 Å². The smallest absolute Gasteiger partial charge is 0.252 e. The van der Waals surface area contributed by atoms with Crippen molar-refractivity contribution in [2.24, 2.45) is 5.73 Å². The lowest BCUT2D eigenvalue weighted by Crippen LogP contribution is -2.32. The van der Waals surface area contributed by atoms with Crippen molar-refractivity contribution in [1.82, 2.24) is 4.31 Å². The van der Waals surface area contributed by atoms with Gasteiger partial charge in [0.1, 0.15) is 4.21 Å². The normalized spacial score (nSPS) is 12.2. The van der Waals surface area contributed by atoms with Crippen LogP contribution in [-0.2, 0) is 16.6 Å². The van der Waals surface area contributed by atoms with Gasteiger partial charge in [-0.2, -0.15) is 4.31 Å². The molecule has 0 bridgehead atoms. The topological polar surface area (TPSA) is 63.4 Å². The number of sulfonamides is 1. The standard InChI is InChI=1S/C13H24N2O2S2/c1-3-5-7-15(8-6-4-2)19(16,17)13-9-12(10-14)11-18-13/h9,11H,3-8,10,14H2,1-2H3. The first kappa shape index (κ1) is 16.6. The lowest BCUT2D eigenvalue weighted by Gasteiger charge is -2.20. The van der Waals surface area contributed by atoms with E-state index in [1.165, 1.54) is 11.3 Å². The van der Waals surface area contributed by atoms with E-state index in [9.17, 15) is 8.42 Å². The molecule has 1 heterocycles. The van der Waals surface area contributed by atoms with Crippen LogP contribution in [0.15, 0.2) is 15.7 Å². The molecular weight excluding hydrogens is 280 g/mol. The minimum atomic E-state index is -3.34. The van der Waals surface area contributed by atoms with E-state index in [2.05, 4.69) is 13.8 Å². The summed E-state index contributed by atoms with van der Waals surface area (Å²) >= 11 is 1.27. The summed E-state index contributed by atoms with van der Waals surface area (Å²) in [6.07, 6.45) is 3.80. The summed E-state index contributed by atoms with van der Waals surface area (Å²) in [4.78, 5) is 0. The Morgan fingerprint density at radius 3 is 2.21 bits per heavy atom. The molecule has 1 aromatic heterocycles. The minimum Gasteiger partial charge on any atom is -0.326 e. The van der Waals surface area contributed by atoms with E-state index >= 15 is 0 Å². The monoisotopic (exact) mass is 304 g/mol. The van der Waals surface area contributed by atoms with Gasteiger partial charge in [0.2, 0.25) is 0 Å². The molecule has 4 nitrogen and oxygen atoms in total. The highest BCUT2D eigenvalue weighted by molar-refractivity contribution is 7.91. The van der Waals surface area contributed by atoms with Gasteiger partial charge in [-0.25, -0.2) is 8.42 Å². The van der Waals surface area contributed by atoms with Crippen LogP contribution < -0.4 is 5.73 Å². The Hall–Kier alpha value is -0.430. The molecule has 0 saturated carbocycles. The number of nitrogens with zero attached hydrogens (tertiary/aromatic N) is 1. The Morgan fingerprint density at radius 1 is 1.21 bits per heavy atom. The fourth-order valence-corrected chi connectivity index (χ4v) is 4.64. The summed E-state index contributed by atoms with van der Waals surface area (Å²) in [5, 5.41) is 1.82. The zero-order chi connectivity index (χ0) is 14.3. The van der Waals surface area contributed by atoms with Gasteiger partial charge < -0.3 is 5.73 Å². The minimum absolute atomic E-state index is 0.385. The molecule has 0 aromatic carbocycles. The second-order valence-corrected chi connectivity index (χ2v) is 7.67. The molecule has 0 aliphatic heterocycles. The van der Waals surface area contributed by atoms with Crippen LogP contribution in [0.2, 0.25) is 0 Å². The summed E-state index contributed by atoms with van der Waals surface area (Å²) in [6, 6.07) is 1.70. The fraction of sp³-hybridized carbons (Fsp3) is 0.692. The van der Waals surface area contributed by atoms with E-state index in [0.717, 1.165) is 31.2 Å². The van der Waals surface area contributed by atoms with E-state index in [1.54, 1.807) is 10.4 Å². The predicted octanol–water partition coefficient (Wildman–Crippen LogP) is 2.80. The van der Waals surface area contributed by atoms with E-state index in [-0.39, 0.29) is 0 Å². The highest BCUT2D eigenvalue weighted by Crippen LogP contribution is 2.24. The molecule has 0 atom stereocenters. The van der Waals surface area contributed by atoms with Crippen molar-refractivity contribution < 1.29 is 8.42 Å². The van der Waals surface area contributed by atoms with Crippen molar-refractivity contribution in [1.29, 1.82) is 0 Å². The lowest BCUT2D eigenvalue weighted by molar-refractivity contribution is 0.396. The predicted molar refractivity (Wildman–Crippen MR) is 80.8 cm³/mol. The molecule has 110 valence electrons. The van der Waals surface area contributed by atoms with E-state index in [1.807, 2.05) is 5.38 Å². The average Bonchev–Trinajstić information content (AvgIpc) is 2.88. The van der Waals surface area contributed by atoms with Crippen molar-refractivity contribution in [3.63, 3.8) is 0 Å². The van der Waals surface area contributed by atoms with E-state index in [0.29, 0.717) is 23.8 Å². The molecule has 1 aromatic rings. The molecular formula is C13H24N2O2S2. The molecule has 19 heavy (non-hydrogen) atoms. The molecule has 0 spiro atoms. The van der Waals surface area contributed by atoms with Crippen molar-refractivity contribution in [2.75, 3.05) is 13.1 Å². The molecule has 0 unspecified atom stereocenters. The zero-order valence-electron chi connectivity index (χ0n) is 11.8. The lowest BCUT2D eigenvalue weighted by atomic mass is 10.3. The Labute approximate surface area is 120 Å². The van der Waals surface area contributed by atoms with Crippen LogP contribution in [0.4, 0.5) is 0 Å². The number of hydrogen-bond donors (Lipinski definition) is 1. The van der Waals surface area contributed by atoms with Gasteiger partial charge in [-0.3, -0.25) is 0 Å². The fourth-order valence-electron chi connectivity index (χ4n) is 1.74. The first-order chi connectivity index (χ1) is 9.06. The van der Waals surface area contributed by atoms with Gasteiger partial charge in [-0.05, 0) is 29.9 Å². The summed E-state index contributed by atoms with van der Waals surface area (Å²) in [7, 11) is -3.34. The van der Waals surface area contributed by atoms with Crippen molar-refractivity contribution in [2.45, 2.75) is 50.3 Å². The van der Waals surface area contributed by atoms with Crippen LogP contribution in [0.3, 0.4) is 0 Å². The molecule has 0 aliphatic rings. The van der Waals surface area contributed by atoms with Crippen LogP contribution in [0.25, 0.3) is 0 Å². The number of nitrogens with two attached hydrogens (primary N) is 1.